The first kappa shape index (κ1) is 13.6. The molecule has 1 aliphatic rings. The van der Waals surface area contributed by atoms with Crippen LogP contribution >= 0.6 is 0 Å². The number of anilines is 1. The maximum atomic E-state index is 11.5. The lowest BCUT2D eigenvalue weighted by molar-refractivity contribution is 0.101. The number of hydrogen-bond acceptors (Lipinski definition) is 3. The third kappa shape index (κ3) is 2.78. The van der Waals surface area contributed by atoms with Crippen LogP contribution in [0.3, 0.4) is 0 Å². The molecule has 1 aromatic carbocycles. The van der Waals surface area contributed by atoms with Gasteiger partial charge in [-0.05, 0) is 45.7 Å². The van der Waals surface area contributed by atoms with Gasteiger partial charge in [0.2, 0.25) is 0 Å². The zero-order valence-corrected chi connectivity index (χ0v) is 11.8. The van der Waals surface area contributed by atoms with Crippen molar-refractivity contribution in [2.75, 3.05) is 11.4 Å². The van der Waals surface area contributed by atoms with Crippen LogP contribution in [0.1, 0.15) is 44.0 Å². The van der Waals surface area contributed by atoms with Gasteiger partial charge in [0.1, 0.15) is 0 Å². The third-order valence-electron chi connectivity index (χ3n) is 3.99. The first-order valence-electron chi connectivity index (χ1n) is 6.72. The van der Waals surface area contributed by atoms with Gasteiger partial charge in [0.15, 0.2) is 5.78 Å². The molecular formula is C16H20N2O. The van der Waals surface area contributed by atoms with Crippen molar-refractivity contribution in [1.29, 1.82) is 5.26 Å². The molecule has 0 N–H and O–H groups in total. The van der Waals surface area contributed by atoms with E-state index in [4.69, 9.17) is 5.26 Å². The van der Waals surface area contributed by atoms with E-state index in [1.54, 1.807) is 6.92 Å². The van der Waals surface area contributed by atoms with Crippen LogP contribution in [-0.4, -0.2) is 17.9 Å². The molecule has 100 valence electrons. The maximum Gasteiger partial charge on any atom is 0.159 e. The van der Waals surface area contributed by atoms with Crippen LogP contribution in [0.25, 0.3) is 0 Å². The number of piperidine rings is 1. The van der Waals surface area contributed by atoms with Crippen LogP contribution in [-0.2, 0) is 0 Å². The second kappa shape index (κ2) is 5.05. The van der Waals surface area contributed by atoms with Crippen LogP contribution in [0.2, 0.25) is 0 Å². The zero-order valence-electron chi connectivity index (χ0n) is 11.8. The molecule has 1 unspecified atom stereocenters. The summed E-state index contributed by atoms with van der Waals surface area (Å²) in [6, 6.07) is 10.1. The van der Waals surface area contributed by atoms with E-state index in [0.717, 1.165) is 30.6 Å². The van der Waals surface area contributed by atoms with Gasteiger partial charge in [0, 0.05) is 23.3 Å². The van der Waals surface area contributed by atoms with Crippen LogP contribution in [0.15, 0.2) is 24.3 Å². The summed E-state index contributed by atoms with van der Waals surface area (Å²) in [5, 5.41) is 9.14. The van der Waals surface area contributed by atoms with Gasteiger partial charge in [-0.3, -0.25) is 4.79 Å². The van der Waals surface area contributed by atoms with E-state index in [9.17, 15) is 4.79 Å². The minimum atomic E-state index is 0.0305. The summed E-state index contributed by atoms with van der Waals surface area (Å²) in [4.78, 5) is 13.8. The van der Waals surface area contributed by atoms with E-state index < -0.39 is 0 Å². The van der Waals surface area contributed by atoms with Gasteiger partial charge in [-0.1, -0.05) is 12.1 Å². The lowest BCUT2D eigenvalue weighted by atomic mass is 9.84. The molecule has 1 aliphatic heterocycles. The molecule has 0 aliphatic carbocycles. The fourth-order valence-electron chi connectivity index (χ4n) is 2.67. The Bertz CT molecular complexity index is 528. The molecule has 0 aromatic heterocycles. The van der Waals surface area contributed by atoms with Gasteiger partial charge in [-0.2, -0.15) is 5.26 Å². The van der Waals surface area contributed by atoms with Crippen molar-refractivity contribution >= 4 is 11.5 Å². The molecular weight excluding hydrogens is 236 g/mol. The fourth-order valence-corrected chi connectivity index (χ4v) is 2.67. The first-order valence-corrected chi connectivity index (χ1v) is 6.72. The number of benzene rings is 1. The number of ketones is 1. The normalized spacial score (nSPS) is 21.8. The van der Waals surface area contributed by atoms with Crippen molar-refractivity contribution in [3.63, 3.8) is 0 Å². The van der Waals surface area contributed by atoms with E-state index in [1.165, 1.54) is 0 Å². The van der Waals surface area contributed by atoms with Crippen molar-refractivity contribution in [2.45, 2.75) is 39.2 Å². The Morgan fingerprint density at radius 1 is 1.47 bits per heavy atom. The van der Waals surface area contributed by atoms with E-state index in [-0.39, 0.29) is 17.2 Å². The highest BCUT2D eigenvalue weighted by Crippen LogP contribution is 2.34. The largest absolute Gasteiger partial charge is 0.365 e. The minimum absolute atomic E-state index is 0.0305. The number of carbonyl (C=O) groups is 1. The van der Waals surface area contributed by atoms with Gasteiger partial charge in [0.25, 0.3) is 0 Å². The molecule has 3 nitrogen and oxygen atoms in total. The molecule has 1 atom stereocenters. The average Bonchev–Trinajstić information content (AvgIpc) is 2.38. The monoisotopic (exact) mass is 256 g/mol. The first-order chi connectivity index (χ1) is 8.94. The lowest BCUT2D eigenvalue weighted by Gasteiger charge is -2.45. The van der Waals surface area contributed by atoms with Crippen molar-refractivity contribution < 1.29 is 4.79 Å². The summed E-state index contributed by atoms with van der Waals surface area (Å²) >= 11 is 0. The molecule has 19 heavy (non-hydrogen) atoms. The number of rotatable bonds is 2. The Hall–Kier alpha value is -1.82. The standard InChI is InChI=1S/C16H20N2O/c1-12(19)14-5-4-6-15(9-14)18-11-13(10-17)7-8-16(18,2)3/h4-6,9,13H,7-8,11H2,1-3H3. The van der Waals surface area contributed by atoms with Crippen LogP contribution < -0.4 is 4.90 Å². The smallest absolute Gasteiger partial charge is 0.159 e. The second-order valence-electron chi connectivity index (χ2n) is 5.89. The van der Waals surface area contributed by atoms with Crippen molar-refractivity contribution in [3.05, 3.63) is 29.8 Å². The highest BCUT2D eigenvalue weighted by Gasteiger charge is 2.34. The summed E-state index contributed by atoms with van der Waals surface area (Å²) in [5.41, 5.74) is 1.80. The SMILES string of the molecule is CC(=O)c1cccc(N2CC(C#N)CCC2(C)C)c1. The quantitative estimate of drug-likeness (QED) is 0.762. The molecule has 1 aromatic rings. The number of Topliss-reactive ketones (excluding diaryl/α,β-unsaturated/α-hetero) is 1. The Balaban J connectivity index is 2.35. The number of nitriles is 1. The molecule has 0 spiro atoms. The molecule has 0 radical (unpaired) electrons. The Kier molecular flexibility index (Phi) is 3.61. The van der Waals surface area contributed by atoms with Gasteiger partial charge >= 0.3 is 0 Å². The van der Waals surface area contributed by atoms with Crippen LogP contribution in [0.5, 0.6) is 0 Å². The lowest BCUT2D eigenvalue weighted by Crippen LogP contribution is -2.50. The summed E-state index contributed by atoms with van der Waals surface area (Å²) in [7, 11) is 0. The van der Waals surface area contributed by atoms with Crippen LogP contribution in [0, 0.1) is 17.2 Å². The third-order valence-corrected chi connectivity index (χ3v) is 3.99. The van der Waals surface area contributed by atoms with Crippen LogP contribution in [0.4, 0.5) is 5.69 Å². The predicted molar refractivity (Wildman–Crippen MR) is 76.2 cm³/mol. The summed E-state index contributed by atoms with van der Waals surface area (Å²) in [6.07, 6.45) is 1.95. The predicted octanol–water partition coefficient (Wildman–Crippen LogP) is 3.41. The van der Waals surface area contributed by atoms with E-state index in [1.807, 2.05) is 24.3 Å². The number of hydrogen-bond donors (Lipinski definition) is 0. The highest BCUT2D eigenvalue weighted by atomic mass is 16.1. The second-order valence-corrected chi connectivity index (χ2v) is 5.89. The zero-order chi connectivity index (χ0) is 14.0. The molecule has 1 fully saturated rings. The maximum absolute atomic E-state index is 11.5. The molecule has 0 amide bonds. The van der Waals surface area contributed by atoms with Gasteiger partial charge in [0.05, 0.1) is 12.0 Å². The molecule has 0 saturated carbocycles. The number of nitrogens with zero attached hydrogens (tertiary/aromatic N) is 2. The highest BCUT2D eigenvalue weighted by molar-refractivity contribution is 5.95. The Morgan fingerprint density at radius 3 is 2.84 bits per heavy atom. The van der Waals surface area contributed by atoms with Gasteiger partial charge in [-0.15, -0.1) is 0 Å². The van der Waals surface area contributed by atoms with Crippen molar-refractivity contribution in [3.8, 4) is 6.07 Å². The molecule has 1 saturated heterocycles. The van der Waals surface area contributed by atoms with Gasteiger partial charge in [-0.25, -0.2) is 0 Å². The van der Waals surface area contributed by atoms with E-state index in [2.05, 4.69) is 24.8 Å². The van der Waals surface area contributed by atoms with Crippen molar-refractivity contribution in [2.24, 2.45) is 5.92 Å². The Morgan fingerprint density at radius 2 is 2.21 bits per heavy atom. The minimum Gasteiger partial charge on any atom is -0.365 e. The van der Waals surface area contributed by atoms with Crippen molar-refractivity contribution in [1.82, 2.24) is 0 Å². The number of carbonyl (C=O) groups excluding carboxylic acids is 1. The average molecular weight is 256 g/mol. The molecule has 0 bridgehead atoms. The summed E-state index contributed by atoms with van der Waals surface area (Å²) < 4.78 is 0. The van der Waals surface area contributed by atoms with Gasteiger partial charge < -0.3 is 4.90 Å². The molecule has 1 heterocycles. The molecule has 3 heteroatoms. The van der Waals surface area contributed by atoms with E-state index in [0.29, 0.717) is 0 Å². The fraction of sp³-hybridized carbons (Fsp3) is 0.500. The summed E-state index contributed by atoms with van der Waals surface area (Å²) in [5.74, 6) is 0.155. The Labute approximate surface area is 114 Å². The molecule has 2 rings (SSSR count). The topological polar surface area (TPSA) is 44.1 Å². The van der Waals surface area contributed by atoms with E-state index >= 15 is 0 Å². The summed E-state index contributed by atoms with van der Waals surface area (Å²) in [6.45, 7) is 6.71.